The smallest absolute Gasteiger partial charge is 0.115 e. The number of thioether (sulfide) groups is 1. The third-order valence-corrected chi connectivity index (χ3v) is 4.18. The van der Waals surface area contributed by atoms with Gasteiger partial charge in [0.1, 0.15) is 5.82 Å². The Morgan fingerprint density at radius 1 is 1.20 bits per heavy atom. The first-order chi connectivity index (χ1) is 9.40. The summed E-state index contributed by atoms with van der Waals surface area (Å²) in [6.07, 6.45) is 0. The molecule has 0 aliphatic carbocycles. The second-order valence-electron chi connectivity index (χ2n) is 5.45. The molecule has 0 aromatic heterocycles. The fourth-order valence-electron chi connectivity index (χ4n) is 1.38. The average molecular weight is 291 g/mol. The van der Waals surface area contributed by atoms with Crippen LogP contribution in [0.4, 0.5) is 0 Å². The van der Waals surface area contributed by atoms with Gasteiger partial charge in [0, 0.05) is 10.6 Å². The van der Waals surface area contributed by atoms with Gasteiger partial charge < -0.3 is 5.73 Å². The lowest BCUT2D eigenvalue weighted by Gasteiger charge is -2.07. The van der Waals surface area contributed by atoms with Crippen molar-refractivity contribution in [2.75, 3.05) is 5.75 Å². The molecule has 0 atom stereocenters. The maximum absolute atomic E-state index is 5.79. The van der Waals surface area contributed by atoms with E-state index in [-0.39, 0.29) is 0 Å². The lowest BCUT2D eigenvalue weighted by molar-refractivity contribution is 0.750. The van der Waals surface area contributed by atoms with E-state index in [4.69, 9.17) is 5.73 Å². The molecule has 0 aliphatic rings. The molecule has 0 aliphatic heterocycles. The number of rotatable bonds is 6. The predicted octanol–water partition coefficient (Wildman–Crippen LogP) is 3.96. The van der Waals surface area contributed by atoms with Crippen molar-refractivity contribution >= 4 is 17.5 Å². The first-order valence-corrected chi connectivity index (χ1v) is 7.85. The van der Waals surface area contributed by atoms with E-state index >= 15 is 0 Å². The van der Waals surface area contributed by atoms with E-state index in [0.717, 1.165) is 22.6 Å². The molecular formula is C16H25N3S. The number of allylic oxidation sites excluding steroid dienone is 1. The quantitative estimate of drug-likeness (QED) is 0.474. The van der Waals surface area contributed by atoms with E-state index in [0.29, 0.717) is 11.7 Å². The molecule has 0 saturated heterocycles. The van der Waals surface area contributed by atoms with Crippen LogP contribution >= 0.6 is 11.8 Å². The first-order valence-electron chi connectivity index (χ1n) is 6.86. The van der Waals surface area contributed by atoms with Crippen molar-refractivity contribution in [2.45, 2.75) is 39.5 Å². The molecule has 0 unspecified atom stereocenters. The number of nitrogens with zero attached hydrogens (tertiary/aromatic N) is 1. The summed E-state index contributed by atoms with van der Waals surface area (Å²) >= 11 is 1.89. The topological polar surface area (TPSA) is 50.4 Å². The lowest BCUT2D eigenvalue weighted by Crippen LogP contribution is -2.17. The molecule has 0 spiro atoms. The van der Waals surface area contributed by atoms with Gasteiger partial charge in [0.25, 0.3) is 0 Å². The highest BCUT2D eigenvalue weighted by atomic mass is 32.2. The van der Waals surface area contributed by atoms with Gasteiger partial charge in [-0.1, -0.05) is 26.0 Å². The van der Waals surface area contributed by atoms with E-state index in [2.05, 4.69) is 48.6 Å². The van der Waals surface area contributed by atoms with Gasteiger partial charge in [-0.05, 0) is 50.0 Å². The van der Waals surface area contributed by atoms with E-state index < -0.39 is 0 Å². The fourth-order valence-corrected chi connectivity index (χ4v) is 2.23. The molecule has 0 radical (unpaired) electrons. The molecule has 20 heavy (non-hydrogen) atoms. The fraction of sp³-hybridized carbons (Fsp3) is 0.438. The monoisotopic (exact) mass is 291 g/mol. The van der Waals surface area contributed by atoms with E-state index in [9.17, 15) is 0 Å². The van der Waals surface area contributed by atoms with Crippen molar-refractivity contribution < 1.29 is 0 Å². The van der Waals surface area contributed by atoms with Crippen LogP contribution in [0.2, 0.25) is 0 Å². The maximum atomic E-state index is 5.79. The molecule has 0 bridgehead atoms. The number of nitrogens with one attached hydrogen (secondary N) is 1. The molecule has 3 nitrogen and oxygen atoms in total. The van der Waals surface area contributed by atoms with Crippen molar-refractivity contribution in [3.63, 3.8) is 0 Å². The lowest BCUT2D eigenvalue weighted by atomic mass is 10.1. The van der Waals surface area contributed by atoms with Crippen LogP contribution in [0.15, 0.2) is 45.7 Å². The van der Waals surface area contributed by atoms with Crippen molar-refractivity contribution in [3.8, 4) is 0 Å². The normalized spacial score (nSPS) is 11.6. The SMILES string of the molecule is CC(C)=C(N)N/N=C(\C)c1ccc(SCC(C)C)cc1. The Morgan fingerprint density at radius 2 is 1.80 bits per heavy atom. The minimum absolute atomic E-state index is 0.605. The van der Waals surface area contributed by atoms with Crippen LogP contribution in [0, 0.1) is 5.92 Å². The summed E-state index contributed by atoms with van der Waals surface area (Å²) in [5.74, 6) is 2.46. The molecule has 1 aromatic carbocycles. The Morgan fingerprint density at radius 3 is 2.30 bits per heavy atom. The molecule has 0 saturated carbocycles. The van der Waals surface area contributed by atoms with Crippen molar-refractivity contribution in [2.24, 2.45) is 16.8 Å². The van der Waals surface area contributed by atoms with Crippen molar-refractivity contribution in [1.29, 1.82) is 0 Å². The van der Waals surface area contributed by atoms with Gasteiger partial charge in [0.15, 0.2) is 0 Å². The van der Waals surface area contributed by atoms with E-state index in [1.807, 2.05) is 32.5 Å². The van der Waals surface area contributed by atoms with Crippen LogP contribution < -0.4 is 11.2 Å². The molecule has 0 amide bonds. The van der Waals surface area contributed by atoms with Crippen LogP contribution in [0.5, 0.6) is 0 Å². The van der Waals surface area contributed by atoms with Gasteiger partial charge in [0.05, 0.1) is 5.71 Å². The van der Waals surface area contributed by atoms with Gasteiger partial charge >= 0.3 is 0 Å². The predicted molar refractivity (Wildman–Crippen MR) is 89.9 cm³/mol. The summed E-state index contributed by atoms with van der Waals surface area (Å²) in [5, 5.41) is 4.30. The average Bonchev–Trinajstić information content (AvgIpc) is 2.42. The van der Waals surface area contributed by atoms with Gasteiger partial charge in [-0.25, -0.2) is 0 Å². The molecular weight excluding hydrogens is 266 g/mol. The zero-order chi connectivity index (χ0) is 15.1. The molecule has 1 aromatic rings. The standard InChI is InChI=1S/C16H25N3S/c1-11(2)10-20-15-8-6-14(7-9-15)13(5)18-19-16(17)12(3)4/h6-9,11,19H,10,17H2,1-5H3/b18-13+. The highest BCUT2D eigenvalue weighted by molar-refractivity contribution is 7.99. The van der Waals surface area contributed by atoms with Crippen molar-refractivity contribution in [3.05, 3.63) is 41.2 Å². The maximum Gasteiger partial charge on any atom is 0.115 e. The molecule has 0 heterocycles. The third kappa shape index (κ3) is 5.70. The number of hydrazone groups is 1. The Balaban J connectivity index is 2.68. The van der Waals surface area contributed by atoms with Gasteiger partial charge in [-0.15, -0.1) is 11.8 Å². The molecule has 110 valence electrons. The molecule has 4 heteroatoms. The minimum Gasteiger partial charge on any atom is -0.384 e. The summed E-state index contributed by atoms with van der Waals surface area (Å²) in [7, 11) is 0. The number of nitrogens with two attached hydrogens (primary N) is 1. The summed E-state index contributed by atoms with van der Waals surface area (Å²) in [4.78, 5) is 1.30. The van der Waals surface area contributed by atoms with Gasteiger partial charge in [-0.3, -0.25) is 5.43 Å². The second kappa shape index (κ2) is 8.00. The first kappa shape index (κ1) is 16.6. The van der Waals surface area contributed by atoms with E-state index in [1.165, 1.54) is 4.90 Å². The number of benzene rings is 1. The Hall–Kier alpha value is -1.42. The Kier molecular flexibility index (Phi) is 6.65. The number of hydrogen-bond acceptors (Lipinski definition) is 4. The van der Waals surface area contributed by atoms with Crippen LogP contribution in [0.1, 0.15) is 40.2 Å². The largest absolute Gasteiger partial charge is 0.384 e. The van der Waals surface area contributed by atoms with Crippen LogP contribution in [0.3, 0.4) is 0 Å². The third-order valence-electron chi connectivity index (χ3n) is 2.74. The van der Waals surface area contributed by atoms with Gasteiger partial charge in [0.2, 0.25) is 0 Å². The van der Waals surface area contributed by atoms with Crippen LogP contribution in [-0.2, 0) is 0 Å². The summed E-state index contributed by atoms with van der Waals surface area (Å²) in [6, 6.07) is 8.49. The van der Waals surface area contributed by atoms with Gasteiger partial charge in [-0.2, -0.15) is 5.10 Å². The summed E-state index contributed by atoms with van der Waals surface area (Å²) in [6.45, 7) is 10.3. The van der Waals surface area contributed by atoms with Crippen LogP contribution in [0.25, 0.3) is 0 Å². The van der Waals surface area contributed by atoms with Crippen molar-refractivity contribution in [1.82, 2.24) is 5.43 Å². The summed E-state index contributed by atoms with van der Waals surface area (Å²) in [5.41, 5.74) is 11.7. The second-order valence-corrected chi connectivity index (χ2v) is 6.55. The number of hydrogen-bond donors (Lipinski definition) is 2. The molecule has 1 rings (SSSR count). The van der Waals surface area contributed by atoms with E-state index in [1.54, 1.807) is 0 Å². The zero-order valence-corrected chi connectivity index (χ0v) is 13.8. The highest BCUT2D eigenvalue weighted by Gasteiger charge is 2.01. The Labute approximate surface area is 126 Å². The summed E-state index contributed by atoms with van der Waals surface area (Å²) < 4.78 is 0. The molecule has 3 N–H and O–H groups in total. The Bertz CT molecular complexity index is 483. The highest BCUT2D eigenvalue weighted by Crippen LogP contribution is 2.21. The minimum atomic E-state index is 0.605. The molecule has 0 fully saturated rings. The zero-order valence-electron chi connectivity index (χ0n) is 13.0. The van der Waals surface area contributed by atoms with Crippen LogP contribution in [-0.4, -0.2) is 11.5 Å².